The minimum absolute atomic E-state index is 0.0386. The molecule has 0 amide bonds. The van der Waals surface area contributed by atoms with Gasteiger partial charge < -0.3 is 18.5 Å². The summed E-state index contributed by atoms with van der Waals surface area (Å²) in [6, 6.07) is 25.9. The Morgan fingerprint density at radius 2 is 1.08 bits per heavy atom. The van der Waals surface area contributed by atoms with E-state index >= 15 is 0 Å². The number of alkyl halides is 10. The van der Waals surface area contributed by atoms with Crippen molar-refractivity contribution in [2.75, 3.05) is 20.3 Å². The van der Waals surface area contributed by atoms with Crippen molar-refractivity contribution < 1.29 is 57.9 Å². The van der Waals surface area contributed by atoms with Crippen LogP contribution in [0, 0.1) is 34.6 Å². The molecule has 0 saturated carbocycles. The van der Waals surface area contributed by atoms with Gasteiger partial charge in [-0.25, -0.2) is 4.99 Å². The van der Waals surface area contributed by atoms with Crippen LogP contribution < -0.4 is 4.74 Å². The van der Waals surface area contributed by atoms with Crippen molar-refractivity contribution in [1.82, 2.24) is 4.48 Å². The Bertz CT molecular complexity index is 2470. The number of rotatable bonds is 13. The van der Waals surface area contributed by atoms with Gasteiger partial charge in [-0.15, -0.1) is 0 Å². The van der Waals surface area contributed by atoms with E-state index < -0.39 is 44.7 Å². The molecule has 16 heteroatoms. The van der Waals surface area contributed by atoms with Crippen LogP contribution in [0.5, 0.6) is 5.75 Å². The van der Waals surface area contributed by atoms with Gasteiger partial charge in [-0.05, 0) is 87.2 Å². The fourth-order valence-corrected chi connectivity index (χ4v) is 6.81. The number of allylic oxidation sites excluding steroid dienone is 2. The number of methoxy groups -OCH3 is 1. The van der Waals surface area contributed by atoms with E-state index in [9.17, 15) is 43.9 Å². The molecule has 5 aromatic rings. The number of hydrogen-bond donors (Lipinski definition) is 0. The Morgan fingerprint density at radius 1 is 0.590 bits per heavy atom. The molecule has 1 aliphatic heterocycles. The number of halogens is 10. The second kappa shape index (κ2) is 17.0. The quantitative estimate of drug-likeness (QED) is 0.0875. The zero-order valence-electron chi connectivity index (χ0n) is 33.7. The Kier molecular flexibility index (Phi) is 12.6. The van der Waals surface area contributed by atoms with Crippen molar-refractivity contribution in [3.63, 3.8) is 0 Å². The van der Waals surface area contributed by atoms with Gasteiger partial charge in [0.15, 0.2) is 0 Å². The number of aromatic nitrogens is 1. The van der Waals surface area contributed by atoms with Gasteiger partial charge in [-0.2, -0.15) is 43.9 Å². The predicted molar refractivity (Wildman–Crippen MR) is 216 cm³/mol. The molecule has 0 radical (unpaired) electrons. The fraction of sp³-hybridized carbons (Fsp3) is 0.267. The van der Waals surface area contributed by atoms with E-state index in [-0.39, 0.29) is 22.6 Å². The standard InChI is InChI=1S/C45H39BF10N2O3/c1-26-7-11-31(12-8-26)36-21-38(34-17-9-27(2)19-29(34)4)57-39(36)23-41-37(32-13-15-33(59-6)16-14-32)22-40(35-18-10-28(3)20-30(35)5)58(41)46(60-24-42(47,48)44(51,52)53)61-25-43(49,50)45(54,55)56/h7-23H,24-25H2,1-6H3/b39-23-. The maximum Gasteiger partial charge on any atom is 0.598 e. The van der Waals surface area contributed by atoms with Crippen molar-refractivity contribution in [2.24, 2.45) is 4.99 Å². The SMILES string of the molecule is COc1ccc(-c2cc(-c3ccc(C)cc3C)n(B(OCC(F)(F)C(F)(F)F)OCC(F)(F)C(F)(F)F)c2/C=C2\N=C(c3ccc(C)cc3C)C=C2c2ccc(C)cc2)cc1. The van der Waals surface area contributed by atoms with Crippen LogP contribution in [0.4, 0.5) is 43.9 Å². The van der Waals surface area contributed by atoms with Crippen molar-refractivity contribution in [3.8, 4) is 28.1 Å². The summed E-state index contributed by atoms with van der Waals surface area (Å²) in [5, 5.41) is 0. The van der Waals surface area contributed by atoms with E-state index in [0.717, 1.165) is 32.3 Å². The molecule has 4 aromatic carbocycles. The molecular formula is C45H39BF10N2O3. The Morgan fingerprint density at radius 3 is 1.57 bits per heavy atom. The van der Waals surface area contributed by atoms with E-state index in [1.807, 2.05) is 63.2 Å². The van der Waals surface area contributed by atoms with Crippen LogP contribution >= 0.6 is 0 Å². The lowest BCUT2D eigenvalue weighted by molar-refractivity contribution is -0.295. The highest BCUT2D eigenvalue weighted by Gasteiger charge is 2.60. The summed E-state index contributed by atoms with van der Waals surface area (Å²) in [5.41, 5.74) is 7.52. The zero-order valence-corrected chi connectivity index (χ0v) is 33.7. The lowest BCUT2D eigenvalue weighted by Gasteiger charge is -2.26. The summed E-state index contributed by atoms with van der Waals surface area (Å²) < 4.78 is 156. The van der Waals surface area contributed by atoms with Crippen LogP contribution in [-0.2, 0) is 9.31 Å². The van der Waals surface area contributed by atoms with Crippen molar-refractivity contribution in [1.29, 1.82) is 0 Å². The van der Waals surface area contributed by atoms with Crippen LogP contribution in [0.15, 0.2) is 108 Å². The molecule has 0 fully saturated rings. The van der Waals surface area contributed by atoms with Gasteiger partial charge in [0, 0.05) is 33.7 Å². The van der Waals surface area contributed by atoms with Gasteiger partial charge in [0.25, 0.3) is 0 Å². The smallest absolute Gasteiger partial charge is 0.497 e. The minimum atomic E-state index is -6.18. The monoisotopic (exact) mass is 856 g/mol. The highest BCUT2D eigenvalue weighted by Crippen LogP contribution is 2.42. The number of benzene rings is 4. The highest BCUT2D eigenvalue weighted by molar-refractivity contribution is 6.44. The summed E-state index contributed by atoms with van der Waals surface area (Å²) in [6.45, 7) is 4.13. The van der Waals surface area contributed by atoms with Gasteiger partial charge in [0.1, 0.15) is 19.0 Å². The highest BCUT2D eigenvalue weighted by atomic mass is 19.4. The molecule has 0 aliphatic carbocycles. The third kappa shape index (κ3) is 9.65. The Balaban J connectivity index is 1.70. The van der Waals surface area contributed by atoms with E-state index in [0.29, 0.717) is 39.3 Å². The molecule has 0 unspecified atom stereocenters. The average Bonchev–Trinajstić information content (AvgIpc) is 3.76. The van der Waals surface area contributed by atoms with Crippen molar-refractivity contribution >= 4 is 24.6 Å². The van der Waals surface area contributed by atoms with E-state index in [2.05, 4.69) is 0 Å². The number of hydrogen-bond acceptors (Lipinski definition) is 4. The first-order valence-corrected chi connectivity index (χ1v) is 18.8. The summed E-state index contributed by atoms with van der Waals surface area (Å²) in [4.78, 5) is 4.97. The Labute approximate surface area is 346 Å². The van der Waals surface area contributed by atoms with Crippen LogP contribution in [0.2, 0.25) is 0 Å². The summed E-state index contributed by atoms with van der Waals surface area (Å²) in [6.07, 6.45) is -9.12. The fourth-order valence-electron chi connectivity index (χ4n) is 6.81. The summed E-state index contributed by atoms with van der Waals surface area (Å²) >= 11 is 0. The molecule has 5 nitrogen and oxygen atoms in total. The number of aryl methyl sites for hydroxylation is 5. The van der Waals surface area contributed by atoms with Crippen LogP contribution in [0.3, 0.4) is 0 Å². The molecular weight excluding hydrogens is 817 g/mol. The van der Waals surface area contributed by atoms with Crippen LogP contribution in [0.25, 0.3) is 34.0 Å². The lowest BCUT2D eigenvalue weighted by Crippen LogP contribution is -2.48. The van der Waals surface area contributed by atoms with Crippen LogP contribution in [-0.4, -0.2) is 62.0 Å². The predicted octanol–water partition coefficient (Wildman–Crippen LogP) is 12.6. The van der Waals surface area contributed by atoms with E-state index in [1.165, 1.54) is 19.3 Å². The second-order valence-corrected chi connectivity index (χ2v) is 14.8. The van der Waals surface area contributed by atoms with E-state index in [4.69, 9.17) is 19.0 Å². The lowest BCUT2D eigenvalue weighted by atomic mass is 9.97. The molecule has 0 N–H and O–H groups in total. The van der Waals surface area contributed by atoms with Gasteiger partial charge in [-0.3, -0.25) is 0 Å². The van der Waals surface area contributed by atoms with Crippen LogP contribution in [0.1, 0.15) is 44.6 Å². The summed E-state index contributed by atoms with van der Waals surface area (Å²) in [5.74, 6) is -10.7. The molecule has 6 rings (SSSR count). The minimum Gasteiger partial charge on any atom is -0.497 e. The largest absolute Gasteiger partial charge is 0.598 e. The number of nitrogens with zero attached hydrogens (tertiary/aromatic N) is 2. The van der Waals surface area contributed by atoms with Crippen molar-refractivity contribution in [2.45, 2.75) is 58.8 Å². The molecule has 0 spiro atoms. The molecule has 1 aliphatic rings. The molecule has 320 valence electrons. The normalized spacial score (nSPS) is 14.4. The Hall–Kier alpha value is -5.61. The maximum atomic E-state index is 14.6. The first kappa shape index (κ1) is 44.9. The molecule has 0 atom stereocenters. The summed E-state index contributed by atoms with van der Waals surface area (Å²) in [7, 11) is -1.30. The average molecular weight is 857 g/mol. The first-order chi connectivity index (χ1) is 28.5. The maximum absolute atomic E-state index is 14.6. The first-order valence-electron chi connectivity index (χ1n) is 18.8. The second-order valence-electron chi connectivity index (χ2n) is 14.8. The zero-order chi connectivity index (χ0) is 44.7. The molecule has 1 aromatic heterocycles. The topological polar surface area (TPSA) is 45.0 Å². The van der Waals surface area contributed by atoms with Crippen molar-refractivity contribution in [3.05, 3.63) is 147 Å². The van der Waals surface area contributed by atoms with Gasteiger partial charge in [-0.1, -0.05) is 89.5 Å². The number of ether oxygens (including phenoxy) is 1. The van der Waals surface area contributed by atoms with Gasteiger partial charge >= 0.3 is 31.5 Å². The van der Waals surface area contributed by atoms with Gasteiger partial charge in [0.05, 0.1) is 18.5 Å². The molecule has 0 bridgehead atoms. The molecule has 2 heterocycles. The number of aliphatic imine (C=N–C) groups is 1. The third-order valence-corrected chi connectivity index (χ3v) is 10.1. The molecule has 61 heavy (non-hydrogen) atoms. The third-order valence-electron chi connectivity index (χ3n) is 10.1. The molecule has 0 saturated heterocycles. The van der Waals surface area contributed by atoms with E-state index in [1.54, 1.807) is 62.4 Å². The van der Waals surface area contributed by atoms with Gasteiger partial charge in [0.2, 0.25) is 0 Å².